The Balaban J connectivity index is 1.85. The maximum absolute atomic E-state index is 11.4. The number of rotatable bonds is 5. The lowest BCUT2D eigenvalue weighted by Crippen LogP contribution is -2.36. The number of ether oxygens (including phenoxy) is 1. The molecule has 1 atom stereocenters. The van der Waals surface area contributed by atoms with Gasteiger partial charge in [0, 0.05) is 11.7 Å². The number of likely N-dealkylation sites (tertiary alicyclic amines) is 1. The van der Waals surface area contributed by atoms with Crippen LogP contribution in [0.25, 0.3) is 0 Å². The molecule has 0 amide bonds. The van der Waals surface area contributed by atoms with Gasteiger partial charge in [-0.2, -0.15) is 0 Å². The van der Waals surface area contributed by atoms with Crippen molar-refractivity contribution in [3.8, 4) is 0 Å². The number of benzene rings is 1. The quantitative estimate of drug-likeness (QED) is 0.846. The van der Waals surface area contributed by atoms with Crippen molar-refractivity contribution in [2.75, 3.05) is 32.6 Å². The van der Waals surface area contributed by atoms with E-state index in [1.807, 2.05) is 6.92 Å². The molecule has 1 aliphatic rings. The number of nitrogens with one attached hydrogen (secondary N) is 1. The summed E-state index contributed by atoms with van der Waals surface area (Å²) in [4.78, 5) is 13.8. The normalized spacial score (nSPS) is 18.2. The van der Waals surface area contributed by atoms with E-state index in [9.17, 15) is 4.79 Å². The third-order valence-corrected chi connectivity index (χ3v) is 4.19. The van der Waals surface area contributed by atoms with E-state index in [2.05, 4.69) is 41.5 Å². The molecule has 1 fully saturated rings. The number of esters is 1. The van der Waals surface area contributed by atoms with Crippen molar-refractivity contribution in [3.63, 3.8) is 0 Å². The van der Waals surface area contributed by atoms with Gasteiger partial charge in [-0.15, -0.1) is 0 Å². The summed E-state index contributed by atoms with van der Waals surface area (Å²) in [6.45, 7) is 4.22. The number of carbonyl (C=O) groups excluding carboxylic acids is 1. The van der Waals surface area contributed by atoms with Crippen molar-refractivity contribution in [1.82, 2.24) is 4.90 Å². The van der Waals surface area contributed by atoms with Crippen molar-refractivity contribution in [1.29, 1.82) is 0 Å². The molecule has 1 unspecified atom stereocenters. The Bertz CT molecular complexity index is 450. The molecule has 4 heteroatoms. The highest BCUT2D eigenvalue weighted by Gasteiger charge is 2.16. The first-order valence-corrected chi connectivity index (χ1v) is 7.70. The zero-order valence-corrected chi connectivity index (χ0v) is 13.3. The maximum atomic E-state index is 11.4. The minimum atomic E-state index is -0.150. The van der Waals surface area contributed by atoms with Gasteiger partial charge in [0.1, 0.15) is 0 Å². The van der Waals surface area contributed by atoms with E-state index in [1.165, 1.54) is 31.2 Å². The standard InChI is InChI=1S/C17H26N2O2/c1-13(17(20)21-3)12-14-4-6-15(7-5-14)18-16-8-10-19(2)11-9-16/h4-7,13,16,18H,8-12H2,1-3H3. The number of piperidine rings is 1. The van der Waals surface area contributed by atoms with E-state index in [0.717, 1.165) is 19.5 Å². The van der Waals surface area contributed by atoms with Crippen LogP contribution < -0.4 is 5.32 Å². The van der Waals surface area contributed by atoms with Gasteiger partial charge in [-0.3, -0.25) is 4.79 Å². The Morgan fingerprint density at radius 3 is 2.52 bits per heavy atom. The van der Waals surface area contributed by atoms with Gasteiger partial charge in [0.2, 0.25) is 0 Å². The minimum Gasteiger partial charge on any atom is -0.469 e. The third-order valence-electron chi connectivity index (χ3n) is 4.19. The van der Waals surface area contributed by atoms with Crippen molar-refractivity contribution < 1.29 is 9.53 Å². The van der Waals surface area contributed by atoms with E-state index in [4.69, 9.17) is 4.74 Å². The summed E-state index contributed by atoms with van der Waals surface area (Å²) < 4.78 is 4.76. The Morgan fingerprint density at radius 2 is 1.95 bits per heavy atom. The largest absolute Gasteiger partial charge is 0.469 e. The SMILES string of the molecule is COC(=O)C(C)Cc1ccc(NC2CCN(C)CC2)cc1. The molecule has 0 bridgehead atoms. The predicted molar refractivity (Wildman–Crippen MR) is 85.5 cm³/mol. The first kappa shape index (κ1) is 15.8. The van der Waals surface area contributed by atoms with Gasteiger partial charge in [-0.05, 0) is 57.1 Å². The molecule has 0 spiro atoms. The van der Waals surface area contributed by atoms with E-state index in [-0.39, 0.29) is 11.9 Å². The van der Waals surface area contributed by atoms with Gasteiger partial charge >= 0.3 is 5.97 Å². The van der Waals surface area contributed by atoms with Crippen LogP contribution in [-0.4, -0.2) is 44.2 Å². The molecule has 0 saturated carbocycles. The fourth-order valence-electron chi connectivity index (χ4n) is 2.76. The molecule has 116 valence electrons. The first-order valence-electron chi connectivity index (χ1n) is 7.70. The van der Waals surface area contributed by atoms with Gasteiger partial charge in [-0.25, -0.2) is 0 Å². The lowest BCUT2D eigenvalue weighted by molar-refractivity contribution is -0.144. The minimum absolute atomic E-state index is 0.0947. The number of hydrogen-bond donors (Lipinski definition) is 1. The number of methoxy groups -OCH3 is 1. The molecule has 1 aromatic carbocycles. The Hall–Kier alpha value is -1.55. The molecule has 0 aromatic heterocycles. The summed E-state index contributed by atoms with van der Waals surface area (Å²) in [5.74, 6) is -0.244. The van der Waals surface area contributed by atoms with Crippen LogP contribution >= 0.6 is 0 Å². The molecular formula is C17H26N2O2. The predicted octanol–water partition coefficient (Wildman–Crippen LogP) is 2.54. The van der Waals surface area contributed by atoms with Gasteiger partial charge in [0.05, 0.1) is 13.0 Å². The van der Waals surface area contributed by atoms with Crippen LogP contribution in [0.4, 0.5) is 5.69 Å². The van der Waals surface area contributed by atoms with E-state index < -0.39 is 0 Å². The molecule has 1 heterocycles. The van der Waals surface area contributed by atoms with Gasteiger partial charge in [0.15, 0.2) is 0 Å². The van der Waals surface area contributed by atoms with Crippen LogP contribution in [0.1, 0.15) is 25.3 Å². The second-order valence-corrected chi connectivity index (χ2v) is 6.05. The number of hydrogen-bond acceptors (Lipinski definition) is 4. The lowest BCUT2D eigenvalue weighted by atomic mass is 10.0. The maximum Gasteiger partial charge on any atom is 0.308 e. The topological polar surface area (TPSA) is 41.6 Å². The zero-order valence-electron chi connectivity index (χ0n) is 13.3. The monoisotopic (exact) mass is 290 g/mol. The average Bonchev–Trinajstić information content (AvgIpc) is 2.50. The summed E-state index contributed by atoms with van der Waals surface area (Å²) in [6, 6.07) is 8.98. The smallest absolute Gasteiger partial charge is 0.308 e. The molecule has 1 saturated heterocycles. The Kier molecular flexibility index (Phi) is 5.62. The molecule has 21 heavy (non-hydrogen) atoms. The van der Waals surface area contributed by atoms with Crippen LogP contribution in [0.3, 0.4) is 0 Å². The van der Waals surface area contributed by atoms with Crippen LogP contribution in [0.15, 0.2) is 24.3 Å². The number of carbonyl (C=O) groups is 1. The summed E-state index contributed by atoms with van der Waals surface area (Å²) in [5.41, 5.74) is 2.33. The summed E-state index contributed by atoms with van der Waals surface area (Å²) in [7, 11) is 3.61. The molecule has 0 radical (unpaired) electrons. The molecule has 4 nitrogen and oxygen atoms in total. The fraction of sp³-hybridized carbons (Fsp3) is 0.588. The summed E-state index contributed by atoms with van der Waals surface area (Å²) in [5, 5.41) is 3.60. The molecule has 1 aliphatic heterocycles. The highest BCUT2D eigenvalue weighted by Crippen LogP contribution is 2.18. The Labute approximate surface area is 127 Å². The zero-order chi connectivity index (χ0) is 15.2. The molecule has 0 aliphatic carbocycles. The fourth-order valence-corrected chi connectivity index (χ4v) is 2.76. The van der Waals surface area contributed by atoms with Crippen LogP contribution in [0, 0.1) is 5.92 Å². The van der Waals surface area contributed by atoms with Gasteiger partial charge in [0.25, 0.3) is 0 Å². The molecule has 1 N–H and O–H groups in total. The number of anilines is 1. The van der Waals surface area contributed by atoms with Crippen LogP contribution in [0.5, 0.6) is 0 Å². The average molecular weight is 290 g/mol. The van der Waals surface area contributed by atoms with Gasteiger partial charge in [-0.1, -0.05) is 19.1 Å². The summed E-state index contributed by atoms with van der Waals surface area (Å²) in [6.07, 6.45) is 3.11. The first-order chi connectivity index (χ1) is 10.1. The van der Waals surface area contributed by atoms with Crippen LogP contribution in [0.2, 0.25) is 0 Å². The third kappa shape index (κ3) is 4.74. The highest BCUT2D eigenvalue weighted by atomic mass is 16.5. The molecular weight excluding hydrogens is 264 g/mol. The highest BCUT2D eigenvalue weighted by molar-refractivity contribution is 5.72. The lowest BCUT2D eigenvalue weighted by Gasteiger charge is -2.30. The van der Waals surface area contributed by atoms with Crippen molar-refractivity contribution >= 4 is 11.7 Å². The van der Waals surface area contributed by atoms with Crippen molar-refractivity contribution in [3.05, 3.63) is 29.8 Å². The van der Waals surface area contributed by atoms with Gasteiger partial charge < -0.3 is 15.0 Å². The van der Waals surface area contributed by atoms with Crippen molar-refractivity contribution in [2.24, 2.45) is 5.92 Å². The second-order valence-electron chi connectivity index (χ2n) is 6.05. The van der Waals surface area contributed by atoms with Crippen molar-refractivity contribution in [2.45, 2.75) is 32.2 Å². The molecule has 1 aromatic rings. The summed E-state index contributed by atoms with van der Waals surface area (Å²) >= 11 is 0. The van der Waals surface area contributed by atoms with Crippen LogP contribution in [-0.2, 0) is 16.0 Å². The van der Waals surface area contributed by atoms with E-state index in [1.54, 1.807) is 0 Å². The second kappa shape index (κ2) is 7.46. The Morgan fingerprint density at radius 1 is 1.33 bits per heavy atom. The number of nitrogens with zero attached hydrogens (tertiary/aromatic N) is 1. The van der Waals surface area contributed by atoms with E-state index in [0.29, 0.717) is 6.04 Å². The van der Waals surface area contributed by atoms with E-state index >= 15 is 0 Å². The molecule has 2 rings (SSSR count).